The van der Waals surface area contributed by atoms with Gasteiger partial charge in [-0.2, -0.15) is 0 Å². The predicted molar refractivity (Wildman–Crippen MR) is 100 cm³/mol. The number of rotatable bonds is 15. The summed E-state index contributed by atoms with van der Waals surface area (Å²) in [6, 6.07) is 0. The van der Waals surface area contributed by atoms with Crippen molar-refractivity contribution >= 4 is 5.97 Å². The van der Waals surface area contributed by atoms with Gasteiger partial charge < -0.3 is 20.4 Å². The number of unbranched alkanes of at least 4 members (excludes halogenated alkanes) is 3. The van der Waals surface area contributed by atoms with Crippen molar-refractivity contribution in [2.24, 2.45) is 0 Å². The van der Waals surface area contributed by atoms with Crippen LogP contribution < -0.4 is 0 Å². The smallest absolute Gasteiger partial charge is 0.303 e. The maximum atomic E-state index is 10.3. The van der Waals surface area contributed by atoms with E-state index in [1.165, 1.54) is 6.08 Å². The summed E-state index contributed by atoms with van der Waals surface area (Å²) >= 11 is 0. The number of carbonyl (C=O) groups is 1. The summed E-state index contributed by atoms with van der Waals surface area (Å²) in [6.07, 6.45) is 14.5. The Labute approximate surface area is 151 Å². The van der Waals surface area contributed by atoms with Crippen LogP contribution in [0.15, 0.2) is 36.5 Å². The maximum absolute atomic E-state index is 10.3. The minimum atomic E-state index is -1.15. The van der Waals surface area contributed by atoms with Crippen LogP contribution >= 0.6 is 0 Å². The first-order chi connectivity index (χ1) is 12.0. The Bertz CT molecular complexity index is 414. The molecule has 0 aliphatic carbocycles. The van der Waals surface area contributed by atoms with Gasteiger partial charge in [0, 0.05) is 6.42 Å². The lowest BCUT2D eigenvalue weighted by atomic mass is 10.0. The molecule has 0 rings (SSSR count). The number of aliphatic hydroxyl groups is 3. The molecule has 5 heteroatoms. The van der Waals surface area contributed by atoms with Gasteiger partial charge in [-0.25, -0.2) is 0 Å². The van der Waals surface area contributed by atoms with Crippen LogP contribution in [0.1, 0.15) is 64.7 Å². The van der Waals surface area contributed by atoms with Crippen LogP contribution in [0, 0.1) is 0 Å². The fourth-order valence-corrected chi connectivity index (χ4v) is 2.27. The Balaban J connectivity index is 3.83. The third-order valence-electron chi connectivity index (χ3n) is 3.82. The van der Waals surface area contributed by atoms with Crippen LogP contribution in [0.25, 0.3) is 0 Å². The van der Waals surface area contributed by atoms with E-state index in [9.17, 15) is 20.1 Å². The zero-order valence-corrected chi connectivity index (χ0v) is 15.3. The topological polar surface area (TPSA) is 98.0 Å². The molecule has 0 aliphatic rings. The van der Waals surface area contributed by atoms with Crippen molar-refractivity contribution in [3.05, 3.63) is 36.5 Å². The third kappa shape index (κ3) is 14.6. The number of hydrogen-bond donors (Lipinski definition) is 4. The highest BCUT2D eigenvalue weighted by molar-refractivity contribution is 5.66. The van der Waals surface area contributed by atoms with Gasteiger partial charge in [0.1, 0.15) is 12.2 Å². The van der Waals surface area contributed by atoms with E-state index in [1.807, 2.05) is 24.3 Å². The number of hydrogen-bond acceptors (Lipinski definition) is 4. The zero-order valence-electron chi connectivity index (χ0n) is 15.3. The average Bonchev–Trinajstić information content (AvgIpc) is 2.58. The number of carboxylic acids is 1. The van der Waals surface area contributed by atoms with Gasteiger partial charge in [-0.3, -0.25) is 4.79 Å². The van der Waals surface area contributed by atoms with E-state index in [0.29, 0.717) is 19.3 Å². The van der Waals surface area contributed by atoms with Crippen LogP contribution in [0.5, 0.6) is 0 Å². The van der Waals surface area contributed by atoms with Crippen molar-refractivity contribution < 1.29 is 25.2 Å². The SMILES string of the molecule is CCCCCC(O)C(O)C(O)/C=C\C/C=C\C/C=C\CCCC(=O)O. The number of allylic oxidation sites excluding steroid dienone is 5. The molecule has 0 saturated heterocycles. The van der Waals surface area contributed by atoms with Crippen LogP contribution in [0.4, 0.5) is 0 Å². The quantitative estimate of drug-likeness (QED) is 0.267. The highest BCUT2D eigenvalue weighted by Crippen LogP contribution is 2.10. The Morgan fingerprint density at radius 1 is 0.920 bits per heavy atom. The van der Waals surface area contributed by atoms with Gasteiger partial charge >= 0.3 is 5.97 Å². The molecule has 0 spiro atoms. The van der Waals surface area contributed by atoms with Crippen molar-refractivity contribution in [3.8, 4) is 0 Å². The molecule has 4 N–H and O–H groups in total. The van der Waals surface area contributed by atoms with E-state index in [2.05, 4.69) is 6.92 Å². The molecule has 3 atom stereocenters. The fourth-order valence-electron chi connectivity index (χ4n) is 2.27. The van der Waals surface area contributed by atoms with Gasteiger partial charge in [0.05, 0.1) is 6.10 Å². The molecule has 25 heavy (non-hydrogen) atoms. The van der Waals surface area contributed by atoms with Gasteiger partial charge in [-0.1, -0.05) is 62.6 Å². The second-order valence-corrected chi connectivity index (χ2v) is 6.17. The Kier molecular flexibility index (Phi) is 15.1. The summed E-state index contributed by atoms with van der Waals surface area (Å²) in [7, 11) is 0. The summed E-state index contributed by atoms with van der Waals surface area (Å²) in [5, 5.41) is 38.0. The molecule has 0 saturated carbocycles. The van der Waals surface area contributed by atoms with Gasteiger partial charge in [0.15, 0.2) is 0 Å². The lowest BCUT2D eigenvalue weighted by Gasteiger charge is -2.20. The molecule has 0 heterocycles. The number of carboxylic acid groups (broad SMARTS) is 1. The Morgan fingerprint density at radius 3 is 2.20 bits per heavy atom. The second kappa shape index (κ2) is 16.1. The number of aliphatic hydroxyl groups excluding tert-OH is 3. The molecule has 0 aromatic carbocycles. The van der Waals surface area contributed by atoms with Crippen molar-refractivity contribution in [1.82, 2.24) is 0 Å². The van der Waals surface area contributed by atoms with E-state index in [4.69, 9.17) is 5.11 Å². The second-order valence-electron chi connectivity index (χ2n) is 6.17. The first kappa shape index (κ1) is 23.6. The first-order valence-corrected chi connectivity index (χ1v) is 9.21. The van der Waals surface area contributed by atoms with E-state index >= 15 is 0 Å². The number of aliphatic carboxylic acids is 1. The summed E-state index contributed by atoms with van der Waals surface area (Å²) < 4.78 is 0. The molecule has 0 aromatic heterocycles. The summed E-state index contributed by atoms with van der Waals surface area (Å²) in [4.78, 5) is 10.3. The normalized spacial score (nSPS) is 16.0. The molecular weight excluding hydrogens is 320 g/mol. The van der Waals surface area contributed by atoms with Crippen molar-refractivity contribution in [3.63, 3.8) is 0 Å². The van der Waals surface area contributed by atoms with E-state index in [-0.39, 0.29) is 6.42 Å². The average molecular weight is 354 g/mol. The van der Waals surface area contributed by atoms with Crippen molar-refractivity contribution in [2.45, 2.75) is 83.0 Å². The first-order valence-electron chi connectivity index (χ1n) is 9.21. The fraction of sp³-hybridized carbons (Fsp3) is 0.650. The van der Waals surface area contributed by atoms with Gasteiger partial charge in [-0.15, -0.1) is 0 Å². The van der Waals surface area contributed by atoms with Crippen molar-refractivity contribution in [2.75, 3.05) is 0 Å². The Morgan fingerprint density at radius 2 is 1.56 bits per heavy atom. The summed E-state index contributed by atoms with van der Waals surface area (Å²) in [5.74, 6) is -0.763. The highest BCUT2D eigenvalue weighted by atomic mass is 16.4. The molecule has 0 amide bonds. The summed E-state index contributed by atoms with van der Waals surface area (Å²) in [5.41, 5.74) is 0. The molecule has 3 unspecified atom stereocenters. The molecule has 5 nitrogen and oxygen atoms in total. The van der Waals surface area contributed by atoms with Crippen LogP contribution in [-0.2, 0) is 4.79 Å². The largest absolute Gasteiger partial charge is 0.481 e. The molecule has 0 aromatic rings. The minimum absolute atomic E-state index is 0.201. The van der Waals surface area contributed by atoms with Crippen LogP contribution in [0.2, 0.25) is 0 Å². The molecule has 144 valence electrons. The highest BCUT2D eigenvalue weighted by Gasteiger charge is 2.21. The molecule has 0 bridgehead atoms. The van der Waals surface area contributed by atoms with E-state index in [1.54, 1.807) is 6.08 Å². The molecule has 0 radical (unpaired) electrons. The monoisotopic (exact) mass is 354 g/mol. The lowest BCUT2D eigenvalue weighted by molar-refractivity contribution is -0.137. The Hall–Kier alpha value is -1.43. The lowest BCUT2D eigenvalue weighted by Crippen LogP contribution is -2.36. The minimum Gasteiger partial charge on any atom is -0.481 e. The standard InChI is InChI=1S/C20H34O5/c1-2-3-11-14-17(21)20(25)18(22)15-12-9-7-5-4-6-8-10-13-16-19(23)24/h5-8,12,15,17-18,20-22,25H,2-4,9-11,13-14,16H2,1H3,(H,23,24)/b7-5-,8-6-,15-12-. The van der Waals surface area contributed by atoms with Gasteiger partial charge in [-0.05, 0) is 32.1 Å². The van der Waals surface area contributed by atoms with E-state index < -0.39 is 24.3 Å². The molecule has 0 aliphatic heterocycles. The van der Waals surface area contributed by atoms with Gasteiger partial charge in [0.25, 0.3) is 0 Å². The third-order valence-corrected chi connectivity index (χ3v) is 3.82. The van der Waals surface area contributed by atoms with Crippen LogP contribution in [0.3, 0.4) is 0 Å². The zero-order chi connectivity index (χ0) is 18.9. The van der Waals surface area contributed by atoms with E-state index in [0.717, 1.165) is 32.1 Å². The predicted octanol–water partition coefficient (Wildman–Crippen LogP) is 3.35. The van der Waals surface area contributed by atoms with Gasteiger partial charge in [0.2, 0.25) is 0 Å². The molecular formula is C20H34O5. The molecule has 0 fully saturated rings. The summed E-state index contributed by atoms with van der Waals surface area (Å²) in [6.45, 7) is 2.07. The van der Waals surface area contributed by atoms with Crippen LogP contribution in [-0.4, -0.2) is 44.7 Å². The van der Waals surface area contributed by atoms with Crippen molar-refractivity contribution in [1.29, 1.82) is 0 Å². The maximum Gasteiger partial charge on any atom is 0.303 e.